The maximum Gasteiger partial charge on any atom is 0.127 e. The highest BCUT2D eigenvalue weighted by atomic mass is 16.5. The van der Waals surface area contributed by atoms with Gasteiger partial charge in [0.2, 0.25) is 0 Å². The van der Waals surface area contributed by atoms with Crippen LogP contribution in [0.1, 0.15) is 50.6 Å². The fraction of sp³-hybridized carbons (Fsp3) is 0.647. The second-order valence-corrected chi connectivity index (χ2v) is 6.29. The van der Waals surface area contributed by atoms with Crippen molar-refractivity contribution in [1.29, 1.82) is 0 Å². The van der Waals surface area contributed by atoms with Gasteiger partial charge in [-0.3, -0.25) is 0 Å². The van der Waals surface area contributed by atoms with Gasteiger partial charge >= 0.3 is 0 Å². The van der Waals surface area contributed by atoms with Crippen molar-refractivity contribution in [2.75, 3.05) is 13.2 Å². The summed E-state index contributed by atoms with van der Waals surface area (Å²) in [5.41, 5.74) is 1.19. The summed E-state index contributed by atoms with van der Waals surface area (Å²) in [7, 11) is 0. The molecule has 1 aliphatic heterocycles. The minimum absolute atomic E-state index is 0.280. The van der Waals surface area contributed by atoms with Crippen LogP contribution in [0.25, 0.3) is 0 Å². The number of aromatic hydroxyl groups is 1. The standard InChI is InChI=1S/C17H25NO2/c1-2-12-3-5-13(6-4-12)10-18-16-11-20-17-9-14(19)7-8-15(16)17/h7-9,12-13,16,18-19H,2-6,10-11H2,1H3. The number of phenolic OH excluding ortho intramolecular Hbond substituents is 1. The Morgan fingerprint density at radius 1 is 1.20 bits per heavy atom. The molecule has 1 aromatic rings. The molecule has 1 atom stereocenters. The topological polar surface area (TPSA) is 41.5 Å². The van der Waals surface area contributed by atoms with Gasteiger partial charge in [-0.2, -0.15) is 0 Å². The van der Waals surface area contributed by atoms with Gasteiger partial charge in [-0.15, -0.1) is 0 Å². The van der Waals surface area contributed by atoms with Crippen molar-refractivity contribution < 1.29 is 9.84 Å². The molecule has 1 unspecified atom stereocenters. The van der Waals surface area contributed by atoms with Gasteiger partial charge in [-0.05, 0) is 43.4 Å². The molecule has 0 aromatic heterocycles. The number of ether oxygens (including phenoxy) is 1. The van der Waals surface area contributed by atoms with E-state index in [2.05, 4.69) is 12.2 Å². The van der Waals surface area contributed by atoms with E-state index in [1.54, 1.807) is 12.1 Å². The van der Waals surface area contributed by atoms with Crippen molar-refractivity contribution >= 4 is 0 Å². The highest BCUT2D eigenvalue weighted by molar-refractivity contribution is 5.44. The predicted molar refractivity (Wildman–Crippen MR) is 80.1 cm³/mol. The Balaban J connectivity index is 1.51. The Morgan fingerprint density at radius 3 is 2.70 bits per heavy atom. The van der Waals surface area contributed by atoms with Crippen LogP contribution in [0.15, 0.2) is 18.2 Å². The largest absolute Gasteiger partial charge is 0.508 e. The highest BCUT2D eigenvalue weighted by Gasteiger charge is 2.26. The number of fused-ring (bicyclic) bond motifs is 1. The van der Waals surface area contributed by atoms with Crippen molar-refractivity contribution in [2.45, 2.75) is 45.1 Å². The smallest absolute Gasteiger partial charge is 0.127 e. The number of hydrogen-bond donors (Lipinski definition) is 2. The van der Waals surface area contributed by atoms with Crippen molar-refractivity contribution in [1.82, 2.24) is 5.32 Å². The Kier molecular flexibility index (Phi) is 4.16. The molecule has 110 valence electrons. The third-order valence-corrected chi connectivity index (χ3v) is 4.97. The lowest BCUT2D eigenvalue weighted by Crippen LogP contribution is -2.30. The number of phenols is 1. The lowest BCUT2D eigenvalue weighted by atomic mass is 9.81. The SMILES string of the molecule is CCC1CCC(CNC2COc3cc(O)ccc32)CC1. The first-order valence-corrected chi connectivity index (χ1v) is 7.95. The molecule has 3 nitrogen and oxygen atoms in total. The van der Waals surface area contributed by atoms with E-state index >= 15 is 0 Å². The normalized spacial score (nSPS) is 28.9. The van der Waals surface area contributed by atoms with Gasteiger partial charge in [0.15, 0.2) is 0 Å². The lowest BCUT2D eigenvalue weighted by molar-refractivity contribution is 0.246. The Morgan fingerprint density at radius 2 is 1.95 bits per heavy atom. The van der Waals surface area contributed by atoms with Gasteiger partial charge in [-0.25, -0.2) is 0 Å². The molecule has 1 aliphatic carbocycles. The summed E-state index contributed by atoms with van der Waals surface area (Å²) >= 11 is 0. The lowest BCUT2D eigenvalue weighted by Gasteiger charge is -2.28. The molecular formula is C17H25NO2. The molecule has 1 fully saturated rings. The second kappa shape index (κ2) is 6.04. The number of benzene rings is 1. The molecule has 2 aliphatic rings. The third-order valence-electron chi connectivity index (χ3n) is 4.97. The van der Waals surface area contributed by atoms with E-state index in [-0.39, 0.29) is 11.8 Å². The van der Waals surface area contributed by atoms with Gasteiger partial charge in [0, 0.05) is 11.6 Å². The zero-order valence-electron chi connectivity index (χ0n) is 12.3. The number of hydrogen-bond acceptors (Lipinski definition) is 3. The van der Waals surface area contributed by atoms with Gasteiger partial charge in [0.05, 0.1) is 6.04 Å². The molecule has 0 saturated heterocycles. The first-order valence-electron chi connectivity index (χ1n) is 7.95. The van der Waals surface area contributed by atoms with Gasteiger partial charge in [0.1, 0.15) is 18.1 Å². The van der Waals surface area contributed by atoms with Crippen LogP contribution in [0, 0.1) is 11.8 Å². The summed E-state index contributed by atoms with van der Waals surface area (Å²) in [6.45, 7) is 4.08. The molecular weight excluding hydrogens is 250 g/mol. The zero-order valence-corrected chi connectivity index (χ0v) is 12.3. The molecule has 1 heterocycles. The Hall–Kier alpha value is -1.22. The summed E-state index contributed by atoms with van der Waals surface area (Å²) < 4.78 is 5.64. The molecule has 0 bridgehead atoms. The van der Waals surface area contributed by atoms with E-state index in [1.807, 2.05) is 6.07 Å². The van der Waals surface area contributed by atoms with E-state index in [0.29, 0.717) is 6.61 Å². The molecule has 2 N–H and O–H groups in total. The summed E-state index contributed by atoms with van der Waals surface area (Å²) in [5, 5.41) is 13.1. The van der Waals surface area contributed by atoms with Gasteiger partial charge < -0.3 is 15.2 Å². The van der Waals surface area contributed by atoms with E-state index in [1.165, 1.54) is 37.7 Å². The summed E-state index contributed by atoms with van der Waals surface area (Å²) in [6, 6.07) is 5.72. The molecule has 0 radical (unpaired) electrons. The second-order valence-electron chi connectivity index (χ2n) is 6.29. The Labute approximate surface area is 121 Å². The van der Waals surface area contributed by atoms with Gasteiger partial charge in [0.25, 0.3) is 0 Å². The van der Waals surface area contributed by atoms with Crippen LogP contribution in [0.2, 0.25) is 0 Å². The number of rotatable bonds is 4. The van der Waals surface area contributed by atoms with Crippen LogP contribution < -0.4 is 10.1 Å². The maximum atomic E-state index is 9.46. The van der Waals surface area contributed by atoms with E-state index in [0.717, 1.165) is 24.1 Å². The average Bonchev–Trinajstić information content (AvgIpc) is 2.88. The van der Waals surface area contributed by atoms with Crippen molar-refractivity contribution in [3.63, 3.8) is 0 Å². The fourth-order valence-corrected chi connectivity index (χ4v) is 3.52. The molecule has 3 rings (SSSR count). The van der Waals surface area contributed by atoms with Crippen LogP contribution >= 0.6 is 0 Å². The van der Waals surface area contributed by atoms with E-state index in [4.69, 9.17) is 4.74 Å². The molecule has 1 aromatic carbocycles. The minimum atomic E-state index is 0.280. The summed E-state index contributed by atoms with van der Waals surface area (Å²) in [5.74, 6) is 2.89. The van der Waals surface area contributed by atoms with Crippen molar-refractivity contribution in [2.24, 2.45) is 11.8 Å². The fourth-order valence-electron chi connectivity index (χ4n) is 3.52. The summed E-state index contributed by atoms with van der Waals surface area (Å²) in [6.07, 6.45) is 6.86. The Bertz CT molecular complexity index is 452. The van der Waals surface area contributed by atoms with E-state index < -0.39 is 0 Å². The van der Waals surface area contributed by atoms with Crippen LogP contribution in [0.3, 0.4) is 0 Å². The molecule has 0 spiro atoms. The number of nitrogens with one attached hydrogen (secondary N) is 1. The van der Waals surface area contributed by atoms with Crippen LogP contribution in [-0.4, -0.2) is 18.3 Å². The van der Waals surface area contributed by atoms with Crippen molar-refractivity contribution in [3.8, 4) is 11.5 Å². The van der Waals surface area contributed by atoms with Crippen LogP contribution in [0.4, 0.5) is 0 Å². The quantitative estimate of drug-likeness (QED) is 0.881. The first-order chi connectivity index (χ1) is 9.76. The highest BCUT2D eigenvalue weighted by Crippen LogP contribution is 2.36. The zero-order chi connectivity index (χ0) is 13.9. The molecule has 0 amide bonds. The predicted octanol–water partition coefficient (Wildman–Crippen LogP) is 3.63. The molecule has 1 saturated carbocycles. The molecule has 3 heteroatoms. The third kappa shape index (κ3) is 2.93. The first kappa shape index (κ1) is 13.7. The minimum Gasteiger partial charge on any atom is -0.508 e. The molecule has 20 heavy (non-hydrogen) atoms. The monoisotopic (exact) mass is 275 g/mol. The van der Waals surface area contributed by atoms with E-state index in [9.17, 15) is 5.11 Å². The van der Waals surface area contributed by atoms with Crippen LogP contribution in [-0.2, 0) is 0 Å². The average molecular weight is 275 g/mol. The van der Waals surface area contributed by atoms with Crippen LogP contribution in [0.5, 0.6) is 11.5 Å². The maximum absolute atomic E-state index is 9.46. The van der Waals surface area contributed by atoms with Crippen molar-refractivity contribution in [3.05, 3.63) is 23.8 Å². The summed E-state index contributed by atoms with van der Waals surface area (Å²) in [4.78, 5) is 0. The van der Waals surface area contributed by atoms with Gasteiger partial charge in [-0.1, -0.05) is 26.2 Å².